The first-order valence-corrected chi connectivity index (χ1v) is 7.03. The highest BCUT2D eigenvalue weighted by Gasteiger charge is 2.09. The average molecular weight is 279 g/mol. The standard InChI is InChI=1S/C14H15ClN2S/c1-9(2)14-16-12(15)8-13(17-14)18-11-7-5-4-6-10(11)3/h4-9H,1-3H3. The second kappa shape index (κ2) is 5.72. The van der Waals surface area contributed by atoms with Crippen LogP contribution in [-0.4, -0.2) is 9.97 Å². The van der Waals surface area contributed by atoms with Gasteiger partial charge in [0, 0.05) is 16.9 Å². The quantitative estimate of drug-likeness (QED) is 0.760. The molecule has 0 aliphatic heterocycles. The van der Waals surface area contributed by atoms with Crippen molar-refractivity contribution >= 4 is 23.4 Å². The first-order chi connectivity index (χ1) is 8.56. The predicted molar refractivity (Wildman–Crippen MR) is 76.4 cm³/mol. The van der Waals surface area contributed by atoms with E-state index in [1.54, 1.807) is 11.8 Å². The van der Waals surface area contributed by atoms with E-state index < -0.39 is 0 Å². The Morgan fingerprint density at radius 1 is 1.17 bits per heavy atom. The smallest absolute Gasteiger partial charge is 0.133 e. The molecule has 0 unspecified atom stereocenters. The maximum absolute atomic E-state index is 6.04. The molecule has 0 aliphatic carbocycles. The molecule has 1 heterocycles. The van der Waals surface area contributed by atoms with Crippen LogP contribution in [0.4, 0.5) is 0 Å². The minimum absolute atomic E-state index is 0.278. The molecular weight excluding hydrogens is 264 g/mol. The summed E-state index contributed by atoms with van der Waals surface area (Å²) in [5, 5.41) is 1.40. The number of rotatable bonds is 3. The van der Waals surface area contributed by atoms with Crippen LogP contribution >= 0.6 is 23.4 Å². The molecule has 0 bridgehead atoms. The number of aromatic nitrogens is 2. The number of hydrogen-bond acceptors (Lipinski definition) is 3. The molecule has 94 valence electrons. The van der Waals surface area contributed by atoms with Crippen LogP contribution in [0.1, 0.15) is 31.2 Å². The van der Waals surface area contributed by atoms with Crippen molar-refractivity contribution in [2.75, 3.05) is 0 Å². The molecule has 0 aliphatic rings. The number of halogens is 1. The third kappa shape index (κ3) is 3.24. The highest BCUT2D eigenvalue weighted by atomic mass is 35.5. The summed E-state index contributed by atoms with van der Waals surface area (Å²) in [5.41, 5.74) is 1.24. The van der Waals surface area contributed by atoms with Gasteiger partial charge in [0.05, 0.1) is 0 Å². The molecule has 2 nitrogen and oxygen atoms in total. The molecule has 4 heteroatoms. The number of benzene rings is 1. The highest BCUT2D eigenvalue weighted by Crippen LogP contribution is 2.30. The number of aryl methyl sites for hydroxylation is 1. The summed E-state index contributed by atoms with van der Waals surface area (Å²) in [4.78, 5) is 9.97. The summed E-state index contributed by atoms with van der Waals surface area (Å²) in [6.45, 7) is 6.22. The number of nitrogens with zero attached hydrogens (tertiary/aromatic N) is 2. The molecule has 2 rings (SSSR count). The maximum Gasteiger partial charge on any atom is 0.133 e. The summed E-state index contributed by atoms with van der Waals surface area (Å²) in [5.74, 6) is 1.07. The Hall–Kier alpha value is -1.06. The lowest BCUT2D eigenvalue weighted by atomic mass is 10.2. The van der Waals surface area contributed by atoms with Crippen molar-refractivity contribution in [3.8, 4) is 0 Å². The summed E-state index contributed by atoms with van der Waals surface area (Å²) >= 11 is 7.66. The van der Waals surface area contributed by atoms with Crippen molar-refractivity contribution < 1.29 is 0 Å². The highest BCUT2D eigenvalue weighted by molar-refractivity contribution is 7.99. The molecule has 0 saturated carbocycles. The fourth-order valence-corrected chi connectivity index (χ4v) is 2.67. The molecule has 0 amide bonds. The molecule has 2 aromatic rings. The summed E-state index contributed by atoms with van der Waals surface area (Å²) < 4.78 is 0. The summed E-state index contributed by atoms with van der Waals surface area (Å²) in [7, 11) is 0. The van der Waals surface area contributed by atoms with E-state index in [0.29, 0.717) is 5.15 Å². The van der Waals surface area contributed by atoms with Gasteiger partial charge in [-0.1, -0.05) is 55.4 Å². The first kappa shape index (κ1) is 13.4. The summed E-state index contributed by atoms with van der Waals surface area (Å²) in [6.07, 6.45) is 0. The van der Waals surface area contributed by atoms with Gasteiger partial charge in [-0.05, 0) is 18.6 Å². The van der Waals surface area contributed by atoms with Gasteiger partial charge in [0.25, 0.3) is 0 Å². The third-order valence-electron chi connectivity index (χ3n) is 2.51. The zero-order valence-electron chi connectivity index (χ0n) is 10.6. The minimum atomic E-state index is 0.278. The van der Waals surface area contributed by atoms with Crippen LogP contribution in [0.15, 0.2) is 40.3 Å². The molecule has 0 atom stereocenters. The van der Waals surface area contributed by atoms with Gasteiger partial charge in [0.1, 0.15) is 16.0 Å². The first-order valence-electron chi connectivity index (χ1n) is 5.84. The van der Waals surface area contributed by atoms with E-state index in [-0.39, 0.29) is 5.92 Å². The van der Waals surface area contributed by atoms with Crippen LogP contribution in [0, 0.1) is 6.92 Å². The van der Waals surface area contributed by atoms with Crippen molar-refractivity contribution in [3.63, 3.8) is 0 Å². The molecule has 0 radical (unpaired) electrons. The zero-order chi connectivity index (χ0) is 13.1. The van der Waals surface area contributed by atoms with Gasteiger partial charge in [0.2, 0.25) is 0 Å². The zero-order valence-corrected chi connectivity index (χ0v) is 12.2. The molecule has 0 N–H and O–H groups in total. The van der Waals surface area contributed by atoms with Crippen LogP contribution in [-0.2, 0) is 0 Å². The molecule has 0 saturated heterocycles. The maximum atomic E-state index is 6.04. The Morgan fingerprint density at radius 2 is 1.89 bits per heavy atom. The Kier molecular flexibility index (Phi) is 4.25. The normalized spacial score (nSPS) is 10.9. The van der Waals surface area contributed by atoms with Crippen molar-refractivity contribution in [2.45, 2.75) is 36.6 Å². The van der Waals surface area contributed by atoms with Gasteiger partial charge in [-0.25, -0.2) is 9.97 Å². The Morgan fingerprint density at radius 3 is 2.56 bits per heavy atom. The van der Waals surface area contributed by atoms with Crippen LogP contribution in [0.25, 0.3) is 0 Å². The van der Waals surface area contributed by atoms with E-state index >= 15 is 0 Å². The Labute approximate surface area is 117 Å². The topological polar surface area (TPSA) is 25.8 Å². The lowest BCUT2D eigenvalue weighted by Crippen LogP contribution is -1.98. The van der Waals surface area contributed by atoms with Crippen molar-refractivity contribution in [2.24, 2.45) is 0 Å². The van der Waals surface area contributed by atoms with Crippen molar-refractivity contribution in [1.29, 1.82) is 0 Å². The van der Waals surface area contributed by atoms with Gasteiger partial charge < -0.3 is 0 Å². The van der Waals surface area contributed by atoms with E-state index in [4.69, 9.17) is 11.6 Å². The van der Waals surface area contributed by atoms with Gasteiger partial charge in [-0.15, -0.1) is 0 Å². The van der Waals surface area contributed by atoms with Gasteiger partial charge in [-0.3, -0.25) is 0 Å². The van der Waals surface area contributed by atoms with E-state index in [1.807, 2.05) is 18.2 Å². The van der Waals surface area contributed by atoms with Crippen molar-refractivity contribution in [1.82, 2.24) is 9.97 Å². The minimum Gasteiger partial charge on any atom is -0.226 e. The summed E-state index contributed by atoms with van der Waals surface area (Å²) in [6, 6.07) is 10.1. The van der Waals surface area contributed by atoms with Crippen LogP contribution < -0.4 is 0 Å². The van der Waals surface area contributed by atoms with Crippen molar-refractivity contribution in [3.05, 3.63) is 46.9 Å². The van der Waals surface area contributed by atoms with Gasteiger partial charge in [0.15, 0.2) is 0 Å². The fraction of sp³-hybridized carbons (Fsp3) is 0.286. The molecule has 1 aromatic carbocycles. The van der Waals surface area contributed by atoms with Crippen LogP contribution in [0.5, 0.6) is 0 Å². The largest absolute Gasteiger partial charge is 0.226 e. The van der Waals surface area contributed by atoms with E-state index in [9.17, 15) is 0 Å². The monoisotopic (exact) mass is 278 g/mol. The Balaban J connectivity index is 2.32. The third-order valence-corrected chi connectivity index (χ3v) is 3.80. The molecule has 0 fully saturated rings. The van der Waals surface area contributed by atoms with E-state index in [1.165, 1.54) is 10.5 Å². The molecular formula is C14H15ClN2S. The molecule has 0 spiro atoms. The van der Waals surface area contributed by atoms with E-state index in [0.717, 1.165) is 10.9 Å². The number of hydrogen-bond donors (Lipinski definition) is 0. The fourth-order valence-electron chi connectivity index (χ4n) is 1.51. The predicted octanol–water partition coefficient (Wildman–Crippen LogP) is 4.71. The molecule has 1 aromatic heterocycles. The lowest BCUT2D eigenvalue weighted by molar-refractivity contribution is 0.753. The van der Waals surface area contributed by atoms with Crippen LogP contribution in [0.2, 0.25) is 5.15 Å². The average Bonchev–Trinajstić information content (AvgIpc) is 2.31. The van der Waals surface area contributed by atoms with Gasteiger partial charge >= 0.3 is 0 Å². The SMILES string of the molecule is Cc1ccccc1Sc1cc(Cl)nc(C(C)C)n1. The van der Waals surface area contributed by atoms with Gasteiger partial charge in [-0.2, -0.15) is 0 Å². The second-order valence-corrected chi connectivity index (χ2v) is 5.86. The molecule has 18 heavy (non-hydrogen) atoms. The van der Waals surface area contributed by atoms with E-state index in [2.05, 4.69) is 42.9 Å². The van der Waals surface area contributed by atoms with Crippen LogP contribution in [0.3, 0.4) is 0 Å². The lowest BCUT2D eigenvalue weighted by Gasteiger charge is -2.08. The second-order valence-electron chi connectivity index (χ2n) is 4.41. The Bertz CT molecular complexity index is 555.